The summed E-state index contributed by atoms with van der Waals surface area (Å²) in [5.74, 6) is 0.681. The van der Waals surface area contributed by atoms with Crippen molar-refractivity contribution in [1.29, 1.82) is 0 Å². The van der Waals surface area contributed by atoms with Gasteiger partial charge in [-0.1, -0.05) is 41.5 Å². The van der Waals surface area contributed by atoms with E-state index in [1.807, 2.05) is 6.92 Å². The van der Waals surface area contributed by atoms with Gasteiger partial charge in [-0.15, -0.1) is 0 Å². The maximum absolute atomic E-state index is 9.86. The molecule has 1 unspecified atom stereocenters. The van der Waals surface area contributed by atoms with Crippen molar-refractivity contribution >= 4 is 0 Å². The van der Waals surface area contributed by atoms with E-state index in [0.29, 0.717) is 12.0 Å². The summed E-state index contributed by atoms with van der Waals surface area (Å²) in [5.41, 5.74) is -0.0303. The minimum absolute atomic E-state index is 0.0303. The Morgan fingerprint density at radius 1 is 1.06 bits per heavy atom. The summed E-state index contributed by atoms with van der Waals surface area (Å²) < 4.78 is 0. The van der Waals surface area contributed by atoms with E-state index in [1.165, 1.54) is 12.8 Å². The molecule has 0 aromatic heterocycles. The van der Waals surface area contributed by atoms with Crippen LogP contribution in [0.5, 0.6) is 0 Å². The van der Waals surface area contributed by atoms with Crippen LogP contribution in [0.1, 0.15) is 61.3 Å². The number of nitrogens with zero attached hydrogens (tertiary/aromatic N) is 1. The van der Waals surface area contributed by atoms with Gasteiger partial charge in [0.25, 0.3) is 0 Å². The highest BCUT2D eigenvalue weighted by atomic mass is 16.3. The quantitative estimate of drug-likeness (QED) is 0.705. The highest BCUT2D eigenvalue weighted by Crippen LogP contribution is 2.25. The van der Waals surface area contributed by atoms with E-state index in [2.05, 4.69) is 46.4 Å². The van der Waals surface area contributed by atoms with Crippen LogP contribution < -0.4 is 0 Å². The highest BCUT2D eigenvalue weighted by molar-refractivity contribution is 4.82. The van der Waals surface area contributed by atoms with E-state index in [-0.39, 0.29) is 11.5 Å². The summed E-state index contributed by atoms with van der Waals surface area (Å²) >= 11 is 0. The maximum atomic E-state index is 9.86. The predicted molar refractivity (Wildman–Crippen MR) is 76.2 cm³/mol. The number of hydrogen-bond acceptors (Lipinski definition) is 2. The fraction of sp³-hybridized carbons (Fsp3) is 1.00. The fourth-order valence-corrected chi connectivity index (χ4v) is 2.27. The van der Waals surface area contributed by atoms with Crippen LogP contribution >= 0.6 is 0 Å². The van der Waals surface area contributed by atoms with Crippen molar-refractivity contribution in [2.45, 2.75) is 73.5 Å². The lowest BCUT2D eigenvalue weighted by Gasteiger charge is -2.39. The molecule has 0 amide bonds. The molecular weight excluding hydrogens is 210 g/mol. The Balaban J connectivity index is 4.69. The molecule has 0 aromatic rings. The number of hydrogen-bond donors (Lipinski definition) is 1. The SMILES string of the molecule is CCC(CC)N(CC(C)C)CC(C)(C)C(C)O. The van der Waals surface area contributed by atoms with Crippen LogP contribution in [0.4, 0.5) is 0 Å². The Kier molecular flexibility index (Phi) is 7.34. The standard InChI is InChI=1S/C15H33NO/c1-8-14(9-2)16(10-12(3)4)11-15(6,7)13(5)17/h12-14,17H,8-11H2,1-7H3. The molecule has 0 aromatic carbocycles. The van der Waals surface area contributed by atoms with Crippen LogP contribution in [0, 0.1) is 11.3 Å². The maximum Gasteiger partial charge on any atom is 0.0575 e. The number of aliphatic hydroxyl groups excluding tert-OH is 1. The Hall–Kier alpha value is -0.0800. The zero-order valence-corrected chi connectivity index (χ0v) is 13.0. The molecule has 0 aliphatic heterocycles. The Morgan fingerprint density at radius 2 is 1.53 bits per heavy atom. The molecule has 0 saturated carbocycles. The van der Waals surface area contributed by atoms with Gasteiger partial charge in [0, 0.05) is 24.5 Å². The Bertz CT molecular complexity index is 195. The van der Waals surface area contributed by atoms with Crippen molar-refractivity contribution in [2.75, 3.05) is 13.1 Å². The summed E-state index contributed by atoms with van der Waals surface area (Å²) in [5, 5.41) is 9.86. The van der Waals surface area contributed by atoms with E-state index in [9.17, 15) is 5.11 Å². The molecule has 17 heavy (non-hydrogen) atoms. The lowest BCUT2D eigenvalue weighted by atomic mass is 9.86. The molecule has 0 bridgehead atoms. The average Bonchev–Trinajstić information content (AvgIpc) is 2.17. The van der Waals surface area contributed by atoms with Crippen LogP contribution in [0.15, 0.2) is 0 Å². The molecule has 104 valence electrons. The first-order valence-electron chi connectivity index (χ1n) is 7.16. The van der Waals surface area contributed by atoms with E-state index in [0.717, 1.165) is 13.1 Å². The van der Waals surface area contributed by atoms with Crippen LogP contribution in [0.2, 0.25) is 0 Å². The third kappa shape index (κ3) is 5.87. The van der Waals surface area contributed by atoms with Gasteiger partial charge >= 0.3 is 0 Å². The van der Waals surface area contributed by atoms with E-state index in [1.54, 1.807) is 0 Å². The molecule has 2 nitrogen and oxygen atoms in total. The van der Waals surface area contributed by atoms with Gasteiger partial charge in [0.15, 0.2) is 0 Å². The van der Waals surface area contributed by atoms with Crippen LogP contribution in [0.25, 0.3) is 0 Å². The topological polar surface area (TPSA) is 23.5 Å². The van der Waals surface area contributed by atoms with Gasteiger partial charge in [0.05, 0.1) is 6.10 Å². The van der Waals surface area contributed by atoms with Crippen molar-refractivity contribution in [3.8, 4) is 0 Å². The van der Waals surface area contributed by atoms with Crippen LogP contribution in [-0.2, 0) is 0 Å². The second-order valence-corrected chi connectivity index (χ2v) is 6.46. The van der Waals surface area contributed by atoms with Crippen LogP contribution in [0.3, 0.4) is 0 Å². The van der Waals surface area contributed by atoms with Crippen molar-refractivity contribution in [3.05, 3.63) is 0 Å². The first-order chi connectivity index (χ1) is 7.74. The zero-order valence-electron chi connectivity index (χ0n) is 13.0. The largest absolute Gasteiger partial charge is 0.393 e. The number of aliphatic hydroxyl groups is 1. The molecule has 2 heteroatoms. The summed E-state index contributed by atoms with van der Waals surface area (Å²) in [7, 11) is 0. The Morgan fingerprint density at radius 3 is 1.82 bits per heavy atom. The van der Waals surface area contributed by atoms with Gasteiger partial charge < -0.3 is 5.11 Å². The van der Waals surface area contributed by atoms with Gasteiger partial charge in [-0.3, -0.25) is 4.90 Å². The minimum Gasteiger partial charge on any atom is -0.393 e. The Labute approximate surface area is 108 Å². The van der Waals surface area contributed by atoms with Gasteiger partial charge in [-0.25, -0.2) is 0 Å². The smallest absolute Gasteiger partial charge is 0.0575 e. The van der Waals surface area contributed by atoms with E-state index < -0.39 is 0 Å². The van der Waals surface area contributed by atoms with Gasteiger partial charge in [-0.05, 0) is 25.7 Å². The molecule has 0 rings (SSSR count). The molecule has 0 heterocycles. The predicted octanol–water partition coefficient (Wildman–Crippen LogP) is 3.54. The lowest BCUT2D eigenvalue weighted by molar-refractivity contribution is 0.0164. The molecule has 1 atom stereocenters. The molecule has 0 fully saturated rings. The normalized spacial score (nSPS) is 15.0. The van der Waals surface area contributed by atoms with E-state index >= 15 is 0 Å². The summed E-state index contributed by atoms with van der Waals surface area (Å²) in [6, 6.07) is 0.649. The zero-order chi connectivity index (χ0) is 13.6. The van der Waals surface area contributed by atoms with E-state index in [4.69, 9.17) is 0 Å². The summed E-state index contributed by atoms with van der Waals surface area (Å²) in [6.45, 7) is 17.4. The van der Waals surface area contributed by atoms with Gasteiger partial charge in [0.1, 0.15) is 0 Å². The molecule has 0 saturated heterocycles. The molecule has 0 spiro atoms. The van der Waals surface area contributed by atoms with Crippen LogP contribution in [-0.4, -0.2) is 35.2 Å². The first-order valence-corrected chi connectivity index (χ1v) is 7.16. The average molecular weight is 243 g/mol. The highest BCUT2D eigenvalue weighted by Gasteiger charge is 2.29. The molecule has 0 aliphatic carbocycles. The lowest BCUT2D eigenvalue weighted by Crippen LogP contribution is -2.46. The van der Waals surface area contributed by atoms with Crippen molar-refractivity contribution in [1.82, 2.24) is 4.90 Å². The summed E-state index contributed by atoms with van der Waals surface area (Å²) in [4.78, 5) is 2.57. The number of rotatable bonds is 8. The van der Waals surface area contributed by atoms with Gasteiger partial charge in [-0.2, -0.15) is 0 Å². The second-order valence-electron chi connectivity index (χ2n) is 6.46. The van der Waals surface area contributed by atoms with Crippen molar-refractivity contribution in [2.24, 2.45) is 11.3 Å². The molecule has 1 N–H and O–H groups in total. The summed E-state index contributed by atoms with van der Waals surface area (Å²) in [6.07, 6.45) is 2.13. The fourth-order valence-electron chi connectivity index (χ4n) is 2.27. The third-order valence-electron chi connectivity index (χ3n) is 3.80. The van der Waals surface area contributed by atoms with Gasteiger partial charge in [0.2, 0.25) is 0 Å². The minimum atomic E-state index is -0.258. The molecule has 0 radical (unpaired) electrons. The monoisotopic (exact) mass is 243 g/mol. The van der Waals surface area contributed by atoms with Crippen molar-refractivity contribution < 1.29 is 5.11 Å². The first kappa shape index (κ1) is 16.9. The van der Waals surface area contributed by atoms with Crippen molar-refractivity contribution in [3.63, 3.8) is 0 Å². The molecular formula is C15H33NO. The third-order valence-corrected chi connectivity index (χ3v) is 3.80. The second kappa shape index (κ2) is 7.38. The molecule has 0 aliphatic rings.